The Morgan fingerprint density at radius 2 is 1.68 bits per heavy atom. The van der Waals surface area contributed by atoms with Gasteiger partial charge in [-0.25, -0.2) is 4.68 Å². The zero-order valence-electron chi connectivity index (χ0n) is 13.8. The number of rotatable bonds is 1. The Morgan fingerprint density at radius 3 is 2.00 bits per heavy atom. The van der Waals surface area contributed by atoms with Crippen molar-refractivity contribution in [1.82, 2.24) is 39.5 Å². The smallest absolute Gasteiger partial charge is 0.151 e. The van der Waals surface area contributed by atoms with Crippen LogP contribution in [0.15, 0.2) is 53.7 Å². The van der Waals surface area contributed by atoms with E-state index in [2.05, 4.69) is 41.4 Å². The van der Waals surface area contributed by atoms with Crippen molar-refractivity contribution in [3.05, 3.63) is 53.7 Å². The van der Waals surface area contributed by atoms with Gasteiger partial charge >= 0.3 is 0 Å². The summed E-state index contributed by atoms with van der Waals surface area (Å²) in [6, 6.07) is 7.19. The van der Waals surface area contributed by atoms with Gasteiger partial charge in [0, 0.05) is 32.4 Å². The monoisotopic (exact) mass is 406 g/mol. The molecule has 0 aromatic carbocycles. The van der Waals surface area contributed by atoms with E-state index in [1.165, 1.54) is 0 Å². The molecule has 4 heterocycles. The number of halogens is 1. The Morgan fingerprint density at radius 1 is 0.960 bits per heavy atom. The third-order valence-corrected chi connectivity index (χ3v) is 3.70. The lowest BCUT2D eigenvalue weighted by Crippen LogP contribution is -2.03. The molecule has 0 aliphatic heterocycles. The predicted octanol–water partition coefficient (Wildman–Crippen LogP) is 1.36. The molecular weight excluding hydrogens is 388 g/mol. The van der Waals surface area contributed by atoms with E-state index >= 15 is 0 Å². The van der Waals surface area contributed by atoms with Crippen LogP contribution in [0.4, 0.5) is 11.6 Å². The van der Waals surface area contributed by atoms with Crippen molar-refractivity contribution in [3.63, 3.8) is 0 Å². The summed E-state index contributed by atoms with van der Waals surface area (Å²) >= 11 is 3.27. The Labute approximate surface area is 152 Å². The molecule has 10 nitrogen and oxygen atoms in total. The highest BCUT2D eigenvalue weighted by Gasteiger charge is 2.01. The molecule has 0 radical (unpaired) electrons. The van der Waals surface area contributed by atoms with Crippen LogP contribution in [0, 0.1) is 0 Å². The van der Waals surface area contributed by atoms with E-state index in [4.69, 9.17) is 11.5 Å². The minimum atomic E-state index is 0.510. The summed E-state index contributed by atoms with van der Waals surface area (Å²) in [6.07, 6.45) is 6.86. The average Bonchev–Trinajstić information content (AvgIpc) is 3.35. The van der Waals surface area contributed by atoms with E-state index in [-0.39, 0.29) is 0 Å². The van der Waals surface area contributed by atoms with Crippen LogP contribution in [0.1, 0.15) is 0 Å². The van der Waals surface area contributed by atoms with Gasteiger partial charge in [0.15, 0.2) is 5.82 Å². The van der Waals surface area contributed by atoms with Crippen LogP contribution in [0.25, 0.3) is 5.82 Å². The first kappa shape index (κ1) is 18.3. The van der Waals surface area contributed by atoms with Gasteiger partial charge in [-0.2, -0.15) is 15.3 Å². The first-order valence-corrected chi connectivity index (χ1v) is 7.94. The molecule has 0 bridgehead atoms. The molecule has 132 valence electrons. The lowest BCUT2D eigenvalue weighted by atomic mass is 10.6. The minimum Gasteiger partial charge on any atom is -0.384 e. The van der Waals surface area contributed by atoms with Crippen LogP contribution in [0.5, 0.6) is 0 Å². The number of nitrogen functional groups attached to an aromatic ring is 2. The molecule has 0 aliphatic rings. The SMILES string of the molecule is Cn1nccc1-n1ccc(N)n1.Cn1nccc1Br.Nc1ccn[nH]1. The second-order valence-corrected chi connectivity index (χ2v) is 5.60. The molecule has 0 fully saturated rings. The normalized spacial score (nSPS) is 9.72. The number of aromatic nitrogens is 8. The zero-order valence-corrected chi connectivity index (χ0v) is 15.4. The summed E-state index contributed by atoms with van der Waals surface area (Å²) in [5, 5.41) is 18.1. The van der Waals surface area contributed by atoms with Crippen LogP contribution in [-0.2, 0) is 14.1 Å². The van der Waals surface area contributed by atoms with Crippen LogP contribution < -0.4 is 11.5 Å². The highest BCUT2D eigenvalue weighted by molar-refractivity contribution is 9.10. The summed E-state index contributed by atoms with van der Waals surface area (Å²) < 4.78 is 6.17. The third kappa shape index (κ3) is 5.49. The highest BCUT2D eigenvalue weighted by Crippen LogP contribution is 2.05. The topological polar surface area (TPSA) is 134 Å². The van der Waals surface area contributed by atoms with E-state index in [1.807, 2.05) is 26.2 Å². The van der Waals surface area contributed by atoms with Gasteiger partial charge in [0.05, 0.1) is 18.6 Å². The molecule has 25 heavy (non-hydrogen) atoms. The molecule has 5 N–H and O–H groups in total. The largest absolute Gasteiger partial charge is 0.384 e. The van der Waals surface area contributed by atoms with Crippen molar-refractivity contribution >= 4 is 27.6 Å². The number of hydrogen-bond donors (Lipinski definition) is 3. The summed E-state index contributed by atoms with van der Waals surface area (Å²) in [5.74, 6) is 2.01. The standard InChI is InChI=1S/C7H9N5.C4H5BrN2.C3H5N3/c1-11-7(2-4-9-11)12-5-3-6(8)10-12;1-7-4(5)2-3-6-7;4-3-1-2-5-6-3/h2-5H,1H3,(H2,8,10);2-3H,1H3;1-2H,(H3,4,5,6). The number of hydrogen-bond acceptors (Lipinski definition) is 6. The lowest BCUT2D eigenvalue weighted by Gasteiger charge is -1.99. The van der Waals surface area contributed by atoms with Crippen molar-refractivity contribution in [1.29, 1.82) is 0 Å². The van der Waals surface area contributed by atoms with Gasteiger partial charge in [0.25, 0.3) is 0 Å². The molecule has 0 amide bonds. The Hall–Kier alpha value is -3.08. The molecule has 0 aliphatic carbocycles. The van der Waals surface area contributed by atoms with Crippen molar-refractivity contribution < 1.29 is 0 Å². The van der Waals surface area contributed by atoms with E-state index < -0.39 is 0 Å². The maximum absolute atomic E-state index is 5.47. The van der Waals surface area contributed by atoms with Crippen LogP contribution in [0.2, 0.25) is 0 Å². The quantitative estimate of drug-likeness (QED) is 0.436. The first-order valence-electron chi connectivity index (χ1n) is 7.15. The molecule has 0 spiro atoms. The van der Waals surface area contributed by atoms with Gasteiger partial charge in [0.2, 0.25) is 0 Å². The van der Waals surface area contributed by atoms with E-state index in [0.717, 1.165) is 10.4 Å². The van der Waals surface area contributed by atoms with Crippen molar-refractivity contribution in [2.45, 2.75) is 0 Å². The maximum Gasteiger partial charge on any atom is 0.151 e. The average molecular weight is 407 g/mol. The highest BCUT2D eigenvalue weighted by atomic mass is 79.9. The molecule has 11 heteroatoms. The van der Waals surface area contributed by atoms with Crippen molar-refractivity contribution in [2.75, 3.05) is 11.5 Å². The molecular formula is C14H19BrN10. The third-order valence-electron chi connectivity index (χ3n) is 2.92. The van der Waals surface area contributed by atoms with Gasteiger partial charge < -0.3 is 11.5 Å². The van der Waals surface area contributed by atoms with Crippen LogP contribution in [0.3, 0.4) is 0 Å². The molecule has 4 aromatic heterocycles. The van der Waals surface area contributed by atoms with Gasteiger partial charge in [-0.15, -0.1) is 5.10 Å². The fraction of sp³-hybridized carbons (Fsp3) is 0.143. The molecule has 0 saturated heterocycles. The number of nitrogens with zero attached hydrogens (tertiary/aromatic N) is 7. The maximum atomic E-state index is 5.47. The van der Waals surface area contributed by atoms with Crippen molar-refractivity contribution in [3.8, 4) is 5.82 Å². The Kier molecular flexibility index (Phi) is 6.34. The Bertz CT molecular complexity index is 857. The fourth-order valence-corrected chi connectivity index (χ4v) is 1.89. The van der Waals surface area contributed by atoms with Gasteiger partial charge in [-0.1, -0.05) is 0 Å². The molecule has 0 unspecified atom stereocenters. The summed E-state index contributed by atoms with van der Waals surface area (Å²) in [7, 11) is 3.73. The Balaban J connectivity index is 0.000000148. The molecule has 0 saturated carbocycles. The number of H-pyrrole nitrogens is 1. The number of aromatic amines is 1. The second kappa shape index (κ2) is 8.68. The zero-order chi connectivity index (χ0) is 18.2. The number of nitrogens with one attached hydrogen (secondary N) is 1. The van der Waals surface area contributed by atoms with E-state index in [1.54, 1.807) is 51.0 Å². The number of aryl methyl sites for hydroxylation is 2. The molecule has 4 rings (SSSR count). The summed E-state index contributed by atoms with van der Waals surface area (Å²) in [5.41, 5.74) is 10.6. The van der Waals surface area contributed by atoms with Gasteiger partial charge in [0.1, 0.15) is 16.2 Å². The van der Waals surface area contributed by atoms with Gasteiger partial charge in [-0.3, -0.25) is 14.5 Å². The number of nitrogens with two attached hydrogens (primary N) is 2. The second-order valence-electron chi connectivity index (χ2n) is 4.79. The number of anilines is 2. The van der Waals surface area contributed by atoms with E-state index in [9.17, 15) is 0 Å². The molecule has 0 atom stereocenters. The van der Waals surface area contributed by atoms with Gasteiger partial charge in [-0.05, 0) is 28.1 Å². The lowest BCUT2D eigenvalue weighted by molar-refractivity contribution is 0.700. The van der Waals surface area contributed by atoms with Crippen LogP contribution >= 0.6 is 15.9 Å². The fourth-order valence-electron chi connectivity index (χ4n) is 1.68. The molecule has 4 aromatic rings. The first-order chi connectivity index (χ1) is 12.0. The summed E-state index contributed by atoms with van der Waals surface area (Å²) in [4.78, 5) is 0. The predicted molar refractivity (Wildman–Crippen MR) is 98.7 cm³/mol. The van der Waals surface area contributed by atoms with Crippen molar-refractivity contribution in [2.24, 2.45) is 14.1 Å². The summed E-state index contributed by atoms with van der Waals surface area (Å²) in [6.45, 7) is 0. The van der Waals surface area contributed by atoms with E-state index in [0.29, 0.717) is 11.6 Å². The minimum absolute atomic E-state index is 0.510. The van der Waals surface area contributed by atoms with Crippen LogP contribution in [-0.4, -0.2) is 39.5 Å².